The van der Waals surface area contributed by atoms with Gasteiger partial charge in [-0.2, -0.15) is 13.2 Å². The van der Waals surface area contributed by atoms with E-state index in [1.165, 1.54) is 0 Å². The van der Waals surface area contributed by atoms with Crippen LogP contribution in [0.5, 0.6) is 0 Å². The molecule has 1 atom stereocenters. The molecule has 24 heavy (non-hydrogen) atoms. The molecule has 1 fully saturated rings. The Morgan fingerprint density at radius 2 is 2.00 bits per heavy atom. The van der Waals surface area contributed by atoms with Crippen LogP contribution in [0.2, 0.25) is 0 Å². The van der Waals surface area contributed by atoms with Crippen LogP contribution in [0.1, 0.15) is 39.5 Å². The molecule has 0 aromatic carbocycles. The van der Waals surface area contributed by atoms with E-state index in [4.69, 9.17) is 0 Å². The zero-order chi connectivity index (χ0) is 17.5. The van der Waals surface area contributed by atoms with Gasteiger partial charge in [-0.25, -0.2) is 0 Å². The van der Waals surface area contributed by atoms with Crippen molar-refractivity contribution in [1.29, 1.82) is 0 Å². The Hall–Kier alpha value is -0.740. The summed E-state index contributed by atoms with van der Waals surface area (Å²) in [6, 6.07) is 0.124. The number of unbranched alkanes of at least 4 members (excludes halogenated alkanes) is 1. The highest BCUT2D eigenvalue weighted by atomic mass is 127. The second-order valence-electron chi connectivity index (χ2n) is 6.14. The van der Waals surface area contributed by atoms with Crippen LogP contribution in [0.25, 0.3) is 0 Å². The molecule has 1 amide bonds. The molecule has 9 heteroatoms. The monoisotopic (exact) mass is 464 g/mol. The molecule has 1 rings (SSSR count). The maximum atomic E-state index is 12.0. The largest absolute Gasteiger partial charge is 0.389 e. The quantitative estimate of drug-likeness (QED) is 0.275. The lowest BCUT2D eigenvalue weighted by molar-refractivity contribution is -0.135. The Morgan fingerprint density at radius 1 is 1.33 bits per heavy atom. The normalized spacial score (nSPS) is 18.5. The first-order valence-electron chi connectivity index (χ1n) is 8.05. The second kappa shape index (κ2) is 11.0. The van der Waals surface area contributed by atoms with Gasteiger partial charge in [0.2, 0.25) is 5.91 Å². The molecule has 0 aromatic rings. The van der Waals surface area contributed by atoms with Crippen LogP contribution >= 0.6 is 24.0 Å². The molecule has 0 aromatic heterocycles. The minimum absolute atomic E-state index is 0. The molecular formula is C15H28F3IN4O. The molecule has 0 bridgehead atoms. The number of halogens is 4. The van der Waals surface area contributed by atoms with Crippen LogP contribution in [0.4, 0.5) is 13.2 Å². The predicted molar refractivity (Wildman–Crippen MR) is 99.6 cm³/mol. The highest BCUT2D eigenvalue weighted by molar-refractivity contribution is 14.0. The zero-order valence-electron chi connectivity index (χ0n) is 14.4. The molecule has 0 aliphatic carbocycles. The second-order valence-corrected chi connectivity index (χ2v) is 6.14. The van der Waals surface area contributed by atoms with Crippen LogP contribution in [0.15, 0.2) is 4.99 Å². The van der Waals surface area contributed by atoms with Crippen molar-refractivity contribution in [3.05, 3.63) is 0 Å². The third kappa shape index (κ3) is 8.93. The van der Waals surface area contributed by atoms with Crippen molar-refractivity contribution in [1.82, 2.24) is 15.5 Å². The lowest BCUT2D eigenvalue weighted by Gasteiger charge is -2.20. The summed E-state index contributed by atoms with van der Waals surface area (Å²) < 4.78 is 36.1. The Bertz CT molecular complexity index is 416. The third-order valence-electron chi connectivity index (χ3n) is 3.74. The van der Waals surface area contributed by atoms with E-state index in [2.05, 4.69) is 15.6 Å². The average molecular weight is 464 g/mol. The first-order valence-corrected chi connectivity index (χ1v) is 8.05. The topological polar surface area (TPSA) is 56.7 Å². The first kappa shape index (κ1) is 23.3. The predicted octanol–water partition coefficient (Wildman–Crippen LogP) is 2.76. The van der Waals surface area contributed by atoms with Gasteiger partial charge in [-0.05, 0) is 19.3 Å². The Kier molecular flexibility index (Phi) is 10.6. The van der Waals surface area contributed by atoms with Crippen molar-refractivity contribution in [2.75, 3.05) is 26.7 Å². The summed E-state index contributed by atoms with van der Waals surface area (Å²) in [6.45, 7) is 5.55. The van der Waals surface area contributed by atoms with Crippen LogP contribution in [0.3, 0.4) is 0 Å². The van der Waals surface area contributed by atoms with E-state index < -0.39 is 12.6 Å². The molecule has 0 spiro atoms. The van der Waals surface area contributed by atoms with Crippen LogP contribution in [-0.4, -0.2) is 55.7 Å². The lowest BCUT2D eigenvalue weighted by atomic mass is 10.2. The molecule has 2 N–H and O–H groups in total. The van der Waals surface area contributed by atoms with E-state index in [1.807, 2.05) is 18.7 Å². The van der Waals surface area contributed by atoms with Crippen molar-refractivity contribution in [2.45, 2.75) is 51.7 Å². The Labute approximate surface area is 158 Å². The van der Waals surface area contributed by atoms with E-state index in [1.54, 1.807) is 7.05 Å². The minimum Gasteiger partial charge on any atom is -0.356 e. The molecular weight excluding hydrogens is 436 g/mol. The number of carbonyl (C=O) groups excluding carboxylic acids is 1. The SMILES string of the molecule is CN=C(NCCCCC(F)(F)F)NC1CCN(C(=O)C(C)C)C1.I. The van der Waals surface area contributed by atoms with Gasteiger partial charge < -0.3 is 15.5 Å². The number of likely N-dealkylation sites (tertiary alicyclic amines) is 1. The molecule has 5 nitrogen and oxygen atoms in total. The summed E-state index contributed by atoms with van der Waals surface area (Å²) >= 11 is 0. The molecule has 0 radical (unpaired) electrons. The van der Waals surface area contributed by atoms with Gasteiger partial charge >= 0.3 is 6.18 Å². The molecule has 1 aliphatic heterocycles. The van der Waals surface area contributed by atoms with Crippen molar-refractivity contribution >= 4 is 35.8 Å². The van der Waals surface area contributed by atoms with Crippen molar-refractivity contribution in [3.8, 4) is 0 Å². The number of rotatable bonds is 6. The fraction of sp³-hybridized carbons (Fsp3) is 0.867. The van der Waals surface area contributed by atoms with Gasteiger partial charge in [-0.3, -0.25) is 9.79 Å². The molecule has 1 aliphatic rings. The van der Waals surface area contributed by atoms with E-state index in [0.717, 1.165) is 13.0 Å². The minimum atomic E-state index is -4.09. The number of nitrogens with one attached hydrogen (secondary N) is 2. The molecule has 1 unspecified atom stereocenters. The van der Waals surface area contributed by atoms with Crippen LogP contribution in [-0.2, 0) is 4.79 Å². The zero-order valence-corrected chi connectivity index (χ0v) is 16.8. The maximum Gasteiger partial charge on any atom is 0.389 e. The standard InChI is InChI=1S/C15H27F3N4O.HI/c1-11(2)13(23)22-9-6-12(10-22)21-14(19-3)20-8-5-4-7-15(16,17)18;/h11-12H,4-10H2,1-3H3,(H2,19,20,21);1H. The average Bonchev–Trinajstić information content (AvgIpc) is 2.91. The van der Waals surface area contributed by atoms with Crippen LogP contribution < -0.4 is 10.6 Å². The van der Waals surface area contributed by atoms with E-state index in [-0.39, 0.29) is 48.3 Å². The number of hydrogen-bond donors (Lipinski definition) is 2. The van der Waals surface area contributed by atoms with Crippen LogP contribution in [0, 0.1) is 5.92 Å². The summed E-state index contributed by atoms with van der Waals surface area (Å²) in [5, 5.41) is 6.24. The van der Waals surface area contributed by atoms with Gasteiger partial charge in [-0.15, -0.1) is 24.0 Å². The van der Waals surface area contributed by atoms with Crippen molar-refractivity contribution < 1.29 is 18.0 Å². The van der Waals surface area contributed by atoms with Gasteiger partial charge in [0.25, 0.3) is 0 Å². The van der Waals surface area contributed by atoms with Gasteiger partial charge in [0.1, 0.15) is 0 Å². The molecule has 1 saturated heterocycles. The third-order valence-corrected chi connectivity index (χ3v) is 3.74. The number of alkyl halides is 3. The van der Waals surface area contributed by atoms with Gasteiger partial charge in [0.15, 0.2) is 5.96 Å². The van der Waals surface area contributed by atoms with Gasteiger partial charge in [0.05, 0.1) is 0 Å². The number of amides is 1. The number of guanidine groups is 1. The fourth-order valence-electron chi connectivity index (χ4n) is 2.49. The Balaban J connectivity index is 0.00000529. The number of carbonyl (C=O) groups is 1. The van der Waals surface area contributed by atoms with Gasteiger partial charge in [0, 0.05) is 45.1 Å². The number of hydrogen-bond acceptors (Lipinski definition) is 2. The smallest absolute Gasteiger partial charge is 0.356 e. The summed E-state index contributed by atoms with van der Waals surface area (Å²) in [5.74, 6) is 0.699. The van der Waals surface area contributed by atoms with Crippen molar-refractivity contribution in [3.63, 3.8) is 0 Å². The van der Waals surface area contributed by atoms with E-state index in [0.29, 0.717) is 25.5 Å². The molecule has 0 saturated carbocycles. The first-order chi connectivity index (χ1) is 10.7. The maximum absolute atomic E-state index is 12.0. The summed E-state index contributed by atoms with van der Waals surface area (Å²) in [6.07, 6.45) is -3.46. The summed E-state index contributed by atoms with van der Waals surface area (Å²) in [4.78, 5) is 17.8. The van der Waals surface area contributed by atoms with Gasteiger partial charge in [-0.1, -0.05) is 13.8 Å². The molecule has 142 valence electrons. The molecule has 1 heterocycles. The Morgan fingerprint density at radius 3 is 2.54 bits per heavy atom. The number of nitrogens with zero attached hydrogens (tertiary/aromatic N) is 2. The van der Waals surface area contributed by atoms with E-state index in [9.17, 15) is 18.0 Å². The lowest BCUT2D eigenvalue weighted by Crippen LogP contribution is -2.45. The number of aliphatic imine (C=N–C) groups is 1. The van der Waals surface area contributed by atoms with Crippen molar-refractivity contribution in [2.24, 2.45) is 10.9 Å². The summed E-state index contributed by atoms with van der Waals surface area (Å²) in [5.41, 5.74) is 0. The highest BCUT2D eigenvalue weighted by Gasteiger charge is 2.28. The highest BCUT2D eigenvalue weighted by Crippen LogP contribution is 2.21. The van der Waals surface area contributed by atoms with E-state index >= 15 is 0 Å². The fourth-order valence-corrected chi connectivity index (χ4v) is 2.49. The summed E-state index contributed by atoms with van der Waals surface area (Å²) in [7, 11) is 1.62.